The number of rotatable bonds is 5. The Kier molecular flexibility index (Phi) is 6.58. The van der Waals surface area contributed by atoms with Crippen LogP contribution < -0.4 is 15.6 Å². The average Bonchev–Trinajstić information content (AvgIpc) is 3.02. The van der Waals surface area contributed by atoms with E-state index >= 15 is 0 Å². The van der Waals surface area contributed by atoms with Crippen molar-refractivity contribution in [3.05, 3.63) is 33.9 Å². The third kappa shape index (κ3) is 5.01. The van der Waals surface area contributed by atoms with Gasteiger partial charge in [0.2, 0.25) is 0 Å². The fourth-order valence-electron chi connectivity index (χ4n) is 4.84. The van der Waals surface area contributed by atoms with E-state index in [1.165, 1.54) is 0 Å². The predicted octanol–water partition coefficient (Wildman–Crippen LogP) is 2.02. The molecule has 0 bridgehead atoms. The highest BCUT2D eigenvalue weighted by molar-refractivity contribution is 6.08. The maximum absolute atomic E-state index is 12.9. The second-order valence-corrected chi connectivity index (χ2v) is 8.97. The van der Waals surface area contributed by atoms with E-state index in [0.29, 0.717) is 32.0 Å². The number of amides is 4. The molecule has 4 rings (SSSR count). The summed E-state index contributed by atoms with van der Waals surface area (Å²) in [6.45, 7) is 0.968. The van der Waals surface area contributed by atoms with E-state index in [1.807, 2.05) is 0 Å². The van der Waals surface area contributed by atoms with Gasteiger partial charge in [-0.25, -0.2) is 4.79 Å². The first-order valence-electron chi connectivity index (χ1n) is 11.3. The van der Waals surface area contributed by atoms with Crippen LogP contribution in [0.5, 0.6) is 0 Å². The zero-order chi connectivity index (χ0) is 25.4. The molecule has 0 aromatic heterocycles. The Morgan fingerprint density at radius 2 is 1.77 bits per heavy atom. The number of anilines is 1. The van der Waals surface area contributed by atoms with E-state index in [-0.39, 0.29) is 25.3 Å². The van der Waals surface area contributed by atoms with Crippen LogP contribution in [0.25, 0.3) is 0 Å². The lowest BCUT2D eigenvalue weighted by Gasteiger charge is -2.35. The van der Waals surface area contributed by atoms with Crippen LogP contribution in [0.15, 0.2) is 18.2 Å². The lowest BCUT2D eigenvalue weighted by molar-refractivity contribution is -0.384. The van der Waals surface area contributed by atoms with Gasteiger partial charge in [-0.15, -0.1) is 0 Å². The third-order valence-electron chi connectivity index (χ3n) is 6.69. The van der Waals surface area contributed by atoms with E-state index in [0.717, 1.165) is 36.4 Å². The number of benzene rings is 1. The number of piperazine rings is 1. The molecule has 4 amide bonds. The van der Waals surface area contributed by atoms with Gasteiger partial charge in [0.25, 0.3) is 17.5 Å². The number of halogens is 3. The average molecular weight is 498 g/mol. The van der Waals surface area contributed by atoms with Crippen LogP contribution in [0.2, 0.25) is 0 Å². The van der Waals surface area contributed by atoms with Gasteiger partial charge in [-0.3, -0.25) is 30.0 Å². The topological polar surface area (TPSA) is 128 Å². The lowest BCUT2D eigenvalue weighted by atomic mass is 9.82. The molecule has 0 atom stereocenters. The number of hydrogen-bond acceptors (Lipinski definition) is 7. The van der Waals surface area contributed by atoms with Crippen molar-refractivity contribution in [1.29, 1.82) is 0 Å². The van der Waals surface area contributed by atoms with Crippen LogP contribution in [0, 0.1) is 10.1 Å². The number of nitro groups is 1. The number of carbonyl (C=O) groups is 3. The van der Waals surface area contributed by atoms with E-state index in [1.54, 1.807) is 9.80 Å². The van der Waals surface area contributed by atoms with Crippen molar-refractivity contribution in [3.63, 3.8) is 0 Å². The van der Waals surface area contributed by atoms with Crippen LogP contribution in [-0.2, 0) is 15.8 Å². The fraction of sp³-hybridized carbons (Fsp3) is 0.571. The molecule has 11 nitrogen and oxygen atoms in total. The highest BCUT2D eigenvalue weighted by Gasteiger charge is 2.52. The maximum Gasteiger partial charge on any atom is 0.416 e. The van der Waals surface area contributed by atoms with E-state index < -0.39 is 45.7 Å². The molecule has 1 aromatic rings. The third-order valence-corrected chi connectivity index (χ3v) is 6.69. The first kappa shape index (κ1) is 24.7. The van der Waals surface area contributed by atoms with Crippen molar-refractivity contribution in [2.45, 2.75) is 43.8 Å². The smallest absolute Gasteiger partial charge is 0.363 e. The number of hydrogen-bond donors (Lipinski definition) is 2. The van der Waals surface area contributed by atoms with Crippen LogP contribution in [0.3, 0.4) is 0 Å². The first-order chi connectivity index (χ1) is 16.5. The van der Waals surface area contributed by atoms with Gasteiger partial charge in [0, 0.05) is 32.2 Å². The summed E-state index contributed by atoms with van der Waals surface area (Å²) in [5.74, 6) is -1.02. The summed E-state index contributed by atoms with van der Waals surface area (Å²) >= 11 is 0. The highest BCUT2D eigenvalue weighted by Crippen LogP contribution is 2.37. The van der Waals surface area contributed by atoms with Gasteiger partial charge >= 0.3 is 12.2 Å². The zero-order valence-corrected chi connectivity index (χ0v) is 18.8. The Morgan fingerprint density at radius 1 is 1.11 bits per heavy atom. The van der Waals surface area contributed by atoms with E-state index in [2.05, 4.69) is 10.7 Å². The fourth-order valence-corrected chi connectivity index (χ4v) is 4.84. The van der Waals surface area contributed by atoms with Crippen LogP contribution in [0.4, 0.5) is 29.3 Å². The molecular formula is C21H25F3N6O5. The number of nitrogens with zero attached hydrogens (tertiary/aromatic N) is 4. The van der Waals surface area contributed by atoms with Crippen molar-refractivity contribution in [2.75, 3.05) is 37.6 Å². The van der Waals surface area contributed by atoms with Crippen molar-refractivity contribution in [2.24, 2.45) is 0 Å². The summed E-state index contributed by atoms with van der Waals surface area (Å²) in [5, 5.41) is 14.8. The zero-order valence-electron chi connectivity index (χ0n) is 18.8. The lowest BCUT2D eigenvalue weighted by Crippen LogP contribution is -2.54. The summed E-state index contributed by atoms with van der Waals surface area (Å²) in [7, 11) is 0. The van der Waals surface area contributed by atoms with Crippen molar-refractivity contribution in [1.82, 2.24) is 20.7 Å². The monoisotopic (exact) mass is 498 g/mol. The molecule has 2 saturated heterocycles. The van der Waals surface area contributed by atoms with Gasteiger partial charge in [0.15, 0.2) is 0 Å². The Bertz CT molecular complexity index is 1030. The molecule has 1 saturated carbocycles. The number of imide groups is 1. The van der Waals surface area contributed by atoms with Gasteiger partial charge < -0.3 is 10.2 Å². The Balaban J connectivity index is 1.33. The minimum atomic E-state index is -4.69. The number of urea groups is 1. The number of alkyl halides is 3. The number of nitro benzene ring substituents is 1. The van der Waals surface area contributed by atoms with Gasteiger partial charge in [0.1, 0.15) is 11.2 Å². The molecule has 0 radical (unpaired) electrons. The predicted molar refractivity (Wildman–Crippen MR) is 116 cm³/mol. The summed E-state index contributed by atoms with van der Waals surface area (Å²) in [4.78, 5) is 51.4. The number of hydrazine groups is 1. The molecule has 2 heterocycles. The molecule has 14 heteroatoms. The van der Waals surface area contributed by atoms with Crippen LogP contribution in [-0.4, -0.2) is 70.9 Å². The van der Waals surface area contributed by atoms with Crippen LogP contribution in [0.1, 0.15) is 37.7 Å². The molecule has 1 spiro atoms. The molecule has 2 aliphatic heterocycles. The van der Waals surface area contributed by atoms with Gasteiger partial charge in [-0.1, -0.05) is 19.3 Å². The Labute approximate surface area is 198 Å². The largest absolute Gasteiger partial charge is 0.416 e. The summed E-state index contributed by atoms with van der Waals surface area (Å²) in [5.41, 5.74) is -0.250. The maximum atomic E-state index is 12.9. The molecule has 3 fully saturated rings. The van der Waals surface area contributed by atoms with Crippen molar-refractivity contribution in [3.8, 4) is 0 Å². The van der Waals surface area contributed by atoms with Gasteiger partial charge in [-0.2, -0.15) is 18.2 Å². The second-order valence-electron chi connectivity index (χ2n) is 8.97. The number of carbonyl (C=O) groups excluding carboxylic acids is 3. The van der Waals surface area contributed by atoms with Gasteiger partial charge in [0.05, 0.1) is 17.0 Å². The molecule has 190 valence electrons. The standard InChI is InChI=1S/C21H25F3N6O5/c22-21(23,24)14-4-5-15(16(12-14)30(34)35)28-10-8-27(9-11-28)13-17(31)26-29-18(32)20(25-19(29)33)6-2-1-3-7-20/h4-5,12H,1-3,6-11,13H2,(H,25,33)(H,26,31). The number of nitrogens with one attached hydrogen (secondary N) is 2. The summed E-state index contributed by atoms with van der Waals surface area (Å²) < 4.78 is 38.8. The van der Waals surface area contributed by atoms with Crippen LogP contribution >= 0.6 is 0 Å². The second kappa shape index (κ2) is 9.32. The van der Waals surface area contributed by atoms with E-state index in [9.17, 15) is 37.7 Å². The molecule has 1 aromatic carbocycles. The van der Waals surface area contributed by atoms with Crippen molar-refractivity contribution < 1.29 is 32.5 Å². The molecule has 0 unspecified atom stereocenters. The van der Waals surface area contributed by atoms with Gasteiger partial charge in [-0.05, 0) is 25.0 Å². The Hall–Kier alpha value is -3.42. The molecule has 35 heavy (non-hydrogen) atoms. The van der Waals surface area contributed by atoms with Crippen molar-refractivity contribution >= 4 is 29.2 Å². The summed E-state index contributed by atoms with van der Waals surface area (Å²) in [6.07, 6.45) is -1.02. The molecule has 2 N–H and O–H groups in total. The quantitative estimate of drug-likeness (QED) is 0.361. The minimum absolute atomic E-state index is 0.0733. The first-order valence-corrected chi connectivity index (χ1v) is 11.3. The highest BCUT2D eigenvalue weighted by atomic mass is 19.4. The molecule has 1 aliphatic carbocycles. The Morgan fingerprint density at radius 3 is 2.37 bits per heavy atom. The normalized spacial score (nSPS) is 20.8. The molecular weight excluding hydrogens is 473 g/mol. The van der Waals surface area contributed by atoms with E-state index in [4.69, 9.17) is 0 Å². The SMILES string of the molecule is O=C(CN1CCN(c2ccc(C(F)(F)F)cc2[N+](=O)[O-])CC1)NN1C(=O)NC2(CCCCC2)C1=O. The summed E-state index contributed by atoms with van der Waals surface area (Å²) in [6, 6.07) is 1.75. The molecule has 3 aliphatic rings. The minimum Gasteiger partial charge on any atom is -0.363 e.